The zero-order valence-corrected chi connectivity index (χ0v) is 22.8. The van der Waals surface area contributed by atoms with Crippen molar-refractivity contribution in [3.63, 3.8) is 0 Å². The molecule has 1 unspecified atom stereocenters. The first-order valence-corrected chi connectivity index (χ1v) is 12.5. The van der Waals surface area contributed by atoms with Gasteiger partial charge >= 0.3 is 6.03 Å². The number of imide groups is 2. The van der Waals surface area contributed by atoms with Crippen LogP contribution in [-0.2, 0) is 9.59 Å². The van der Waals surface area contributed by atoms with Gasteiger partial charge in [-0.05, 0) is 94.0 Å². The molecule has 0 aromatic heterocycles. The van der Waals surface area contributed by atoms with E-state index < -0.39 is 17.8 Å². The van der Waals surface area contributed by atoms with Gasteiger partial charge in [0.05, 0.1) is 19.9 Å². The summed E-state index contributed by atoms with van der Waals surface area (Å²) < 4.78 is 10.6. The molecule has 2 aromatic rings. The maximum atomic E-state index is 13.5. The lowest BCUT2D eigenvalue weighted by Gasteiger charge is -2.50. The van der Waals surface area contributed by atoms with Gasteiger partial charge in [-0.1, -0.05) is 6.92 Å². The Kier molecular flexibility index (Phi) is 6.79. The zero-order valence-electron chi connectivity index (χ0n) is 22.8. The molecule has 37 heavy (non-hydrogen) atoms. The van der Waals surface area contributed by atoms with E-state index in [-0.39, 0.29) is 22.5 Å². The van der Waals surface area contributed by atoms with E-state index in [1.807, 2.05) is 6.92 Å². The molecule has 0 aliphatic carbocycles. The molecule has 2 aromatic carbocycles. The summed E-state index contributed by atoms with van der Waals surface area (Å²) in [6.45, 7) is 13.1. The normalized spacial score (nSPS) is 20.3. The number of nitrogens with zero attached hydrogens (tertiary/aromatic N) is 2. The van der Waals surface area contributed by atoms with Crippen LogP contribution in [0.1, 0.15) is 63.6 Å². The quantitative estimate of drug-likeness (QED) is 0.445. The van der Waals surface area contributed by atoms with Crippen LogP contribution in [-0.4, -0.2) is 43.6 Å². The number of urea groups is 1. The van der Waals surface area contributed by atoms with Crippen LogP contribution >= 0.6 is 0 Å². The van der Waals surface area contributed by atoms with Crippen LogP contribution in [0.4, 0.5) is 16.2 Å². The molecule has 1 saturated heterocycles. The van der Waals surface area contributed by atoms with Crippen LogP contribution < -0.4 is 24.6 Å². The third kappa shape index (κ3) is 4.56. The molecule has 0 saturated carbocycles. The first-order valence-electron chi connectivity index (χ1n) is 12.5. The van der Waals surface area contributed by atoms with E-state index in [1.54, 1.807) is 24.3 Å². The van der Waals surface area contributed by atoms with Crippen LogP contribution in [0.15, 0.2) is 35.9 Å². The molecule has 2 heterocycles. The van der Waals surface area contributed by atoms with Crippen LogP contribution in [0.2, 0.25) is 0 Å². The molecular weight excluding hydrogens is 470 g/mol. The van der Waals surface area contributed by atoms with Crippen LogP contribution in [0, 0.1) is 6.92 Å². The minimum Gasteiger partial charge on any atom is -0.497 e. The van der Waals surface area contributed by atoms with E-state index in [9.17, 15) is 14.4 Å². The Balaban J connectivity index is 1.80. The summed E-state index contributed by atoms with van der Waals surface area (Å²) in [6, 6.07) is 8.44. The van der Waals surface area contributed by atoms with Crippen molar-refractivity contribution in [2.45, 2.75) is 65.5 Å². The number of carbonyl (C=O) groups excluding carboxylic acids is 3. The van der Waals surface area contributed by atoms with E-state index >= 15 is 0 Å². The fourth-order valence-corrected chi connectivity index (χ4v) is 5.75. The largest absolute Gasteiger partial charge is 0.497 e. The van der Waals surface area contributed by atoms with E-state index in [0.717, 1.165) is 22.4 Å². The number of aryl methyl sites for hydroxylation is 1. The standard InChI is InChI=1S/C29H35N3O5/c1-16(2)32-24-11-17(3)19(12-21(24)18(4)15-29(32,5)6)13-22-26(33)30-28(35)31(27(22)34)23-10-9-20(36-7)14-25(23)37-8/h9-14,16,18H,15H2,1-8H3,(H,30,33,35)/b22-13+. The number of hydrogen-bond acceptors (Lipinski definition) is 6. The molecule has 1 atom stereocenters. The fraction of sp³-hybridized carbons (Fsp3) is 0.414. The lowest BCUT2D eigenvalue weighted by atomic mass is 9.78. The highest BCUT2D eigenvalue weighted by Crippen LogP contribution is 2.45. The van der Waals surface area contributed by atoms with Gasteiger partial charge in [0, 0.05) is 23.3 Å². The number of fused-ring (bicyclic) bond motifs is 1. The maximum Gasteiger partial charge on any atom is 0.336 e. The molecule has 0 radical (unpaired) electrons. The highest BCUT2D eigenvalue weighted by molar-refractivity contribution is 6.39. The number of carbonyl (C=O) groups is 3. The van der Waals surface area contributed by atoms with Gasteiger partial charge in [0.15, 0.2) is 0 Å². The number of anilines is 2. The van der Waals surface area contributed by atoms with Gasteiger partial charge in [-0.25, -0.2) is 9.69 Å². The van der Waals surface area contributed by atoms with Crippen molar-refractivity contribution in [3.8, 4) is 11.5 Å². The number of nitrogens with one attached hydrogen (secondary N) is 1. The summed E-state index contributed by atoms with van der Waals surface area (Å²) in [6.07, 6.45) is 2.56. The Bertz CT molecular complexity index is 1310. The first-order chi connectivity index (χ1) is 17.4. The minimum absolute atomic E-state index is 0.00447. The molecule has 0 spiro atoms. The Morgan fingerprint density at radius 1 is 1.05 bits per heavy atom. The number of methoxy groups -OCH3 is 2. The summed E-state index contributed by atoms with van der Waals surface area (Å²) in [5.41, 5.74) is 4.16. The first kappa shape index (κ1) is 26.3. The number of ether oxygens (including phenoxy) is 2. The smallest absolute Gasteiger partial charge is 0.336 e. The SMILES string of the molecule is COc1ccc(N2C(=O)NC(=O)/C(=C\c3cc4c(cc3C)N(C(C)C)C(C)(C)CC4C)C2=O)c(OC)c1. The van der Waals surface area contributed by atoms with E-state index in [1.165, 1.54) is 25.5 Å². The average molecular weight is 506 g/mol. The topological polar surface area (TPSA) is 88.2 Å². The van der Waals surface area contributed by atoms with E-state index in [4.69, 9.17) is 9.47 Å². The van der Waals surface area contributed by atoms with Crippen molar-refractivity contribution in [2.24, 2.45) is 0 Å². The molecule has 4 amide bonds. The molecule has 1 fully saturated rings. The van der Waals surface area contributed by atoms with Crippen molar-refractivity contribution in [3.05, 3.63) is 52.6 Å². The van der Waals surface area contributed by atoms with Crippen molar-refractivity contribution >= 4 is 35.3 Å². The van der Waals surface area contributed by atoms with Crippen LogP contribution in [0.25, 0.3) is 6.08 Å². The third-order valence-corrected chi connectivity index (χ3v) is 7.21. The van der Waals surface area contributed by atoms with E-state index in [0.29, 0.717) is 17.7 Å². The number of rotatable bonds is 5. The maximum absolute atomic E-state index is 13.5. The minimum atomic E-state index is -0.832. The second-order valence-corrected chi connectivity index (χ2v) is 10.6. The fourth-order valence-electron chi connectivity index (χ4n) is 5.75. The second-order valence-electron chi connectivity index (χ2n) is 10.6. The number of amides is 4. The van der Waals surface area contributed by atoms with Crippen molar-refractivity contribution < 1.29 is 23.9 Å². The predicted octanol–water partition coefficient (Wildman–Crippen LogP) is 5.18. The number of benzene rings is 2. The highest BCUT2D eigenvalue weighted by atomic mass is 16.5. The third-order valence-electron chi connectivity index (χ3n) is 7.21. The van der Waals surface area contributed by atoms with Crippen molar-refractivity contribution in [1.82, 2.24) is 5.32 Å². The van der Waals surface area contributed by atoms with Crippen molar-refractivity contribution in [1.29, 1.82) is 0 Å². The zero-order chi connectivity index (χ0) is 27.2. The Labute approximate surface area is 218 Å². The second kappa shape index (κ2) is 9.57. The molecule has 2 aliphatic heterocycles. The molecule has 8 heteroatoms. The van der Waals surface area contributed by atoms with Gasteiger partial charge in [-0.15, -0.1) is 0 Å². The van der Waals surface area contributed by atoms with Gasteiger partial charge in [0.25, 0.3) is 11.8 Å². The lowest BCUT2D eigenvalue weighted by Crippen LogP contribution is -2.54. The van der Waals surface area contributed by atoms with Crippen LogP contribution in [0.3, 0.4) is 0 Å². The summed E-state index contributed by atoms with van der Waals surface area (Å²) in [4.78, 5) is 42.5. The van der Waals surface area contributed by atoms with Crippen LogP contribution in [0.5, 0.6) is 11.5 Å². The van der Waals surface area contributed by atoms with Crippen molar-refractivity contribution in [2.75, 3.05) is 24.0 Å². The average Bonchev–Trinajstić information content (AvgIpc) is 2.81. The Morgan fingerprint density at radius 2 is 1.76 bits per heavy atom. The number of barbiturate groups is 1. The molecule has 2 aliphatic rings. The summed E-state index contributed by atoms with van der Waals surface area (Å²) in [7, 11) is 2.95. The summed E-state index contributed by atoms with van der Waals surface area (Å²) in [5, 5.41) is 2.30. The van der Waals surface area contributed by atoms with E-state index in [2.05, 4.69) is 57.0 Å². The van der Waals surface area contributed by atoms with Gasteiger partial charge in [-0.2, -0.15) is 0 Å². The Morgan fingerprint density at radius 3 is 2.38 bits per heavy atom. The summed E-state index contributed by atoms with van der Waals surface area (Å²) >= 11 is 0. The lowest BCUT2D eigenvalue weighted by molar-refractivity contribution is -0.122. The monoisotopic (exact) mass is 505 g/mol. The van der Waals surface area contributed by atoms with Gasteiger partial charge in [-0.3, -0.25) is 14.9 Å². The Hall–Kier alpha value is -3.81. The molecule has 8 nitrogen and oxygen atoms in total. The molecule has 4 rings (SSSR count). The number of hydrogen-bond donors (Lipinski definition) is 1. The van der Waals surface area contributed by atoms with Gasteiger partial charge in [0.1, 0.15) is 17.1 Å². The molecule has 196 valence electrons. The summed E-state index contributed by atoms with van der Waals surface area (Å²) in [5.74, 6) is -0.363. The highest BCUT2D eigenvalue weighted by Gasteiger charge is 2.40. The molecule has 1 N–H and O–H groups in total. The molecular formula is C29H35N3O5. The predicted molar refractivity (Wildman–Crippen MR) is 144 cm³/mol. The van der Waals surface area contributed by atoms with Gasteiger partial charge in [0.2, 0.25) is 0 Å². The van der Waals surface area contributed by atoms with Gasteiger partial charge < -0.3 is 14.4 Å². The molecule has 0 bridgehead atoms.